The predicted molar refractivity (Wildman–Crippen MR) is 75.0 cm³/mol. The molecule has 0 amide bonds. The maximum absolute atomic E-state index is 12.6. The van der Waals surface area contributed by atoms with Gasteiger partial charge in [-0.05, 0) is 37.3 Å². The van der Waals surface area contributed by atoms with Crippen LogP contribution in [0.4, 0.5) is 5.82 Å². The fourth-order valence-corrected chi connectivity index (χ4v) is 4.11. The van der Waals surface area contributed by atoms with Crippen molar-refractivity contribution in [2.75, 3.05) is 18.8 Å². The molecule has 1 saturated heterocycles. The van der Waals surface area contributed by atoms with Crippen molar-refractivity contribution in [3.05, 3.63) is 18.3 Å². The molecule has 2 heterocycles. The molecule has 2 rings (SSSR count). The van der Waals surface area contributed by atoms with Gasteiger partial charge in [0.25, 0.3) is 0 Å². The van der Waals surface area contributed by atoms with E-state index in [-0.39, 0.29) is 10.7 Å². The van der Waals surface area contributed by atoms with E-state index in [1.54, 1.807) is 10.4 Å². The van der Waals surface area contributed by atoms with Crippen LogP contribution in [0.2, 0.25) is 0 Å². The van der Waals surface area contributed by atoms with Crippen molar-refractivity contribution in [1.29, 1.82) is 0 Å². The zero-order valence-electron chi connectivity index (χ0n) is 11.2. The molecule has 2 N–H and O–H groups in total. The van der Waals surface area contributed by atoms with Crippen LogP contribution in [0.25, 0.3) is 0 Å². The topological polar surface area (TPSA) is 76.3 Å². The van der Waals surface area contributed by atoms with Crippen molar-refractivity contribution < 1.29 is 8.42 Å². The van der Waals surface area contributed by atoms with E-state index in [0.717, 1.165) is 25.7 Å². The number of sulfonamides is 1. The number of hydrogen-bond donors (Lipinski definition) is 1. The Morgan fingerprint density at radius 2 is 2.21 bits per heavy atom. The van der Waals surface area contributed by atoms with Gasteiger partial charge in [-0.2, -0.15) is 4.31 Å². The Balaban J connectivity index is 2.23. The summed E-state index contributed by atoms with van der Waals surface area (Å²) in [6.07, 6.45) is 5.56. The number of aromatic nitrogens is 1. The highest BCUT2D eigenvalue weighted by Gasteiger charge is 2.28. The summed E-state index contributed by atoms with van der Waals surface area (Å²) in [7, 11) is -3.50. The van der Waals surface area contributed by atoms with Gasteiger partial charge in [-0.25, -0.2) is 13.4 Å². The highest BCUT2D eigenvalue weighted by Crippen LogP contribution is 2.26. The van der Waals surface area contributed by atoms with Gasteiger partial charge >= 0.3 is 0 Å². The van der Waals surface area contributed by atoms with Crippen LogP contribution >= 0.6 is 0 Å². The van der Waals surface area contributed by atoms with Crippen LogP contribution in [-0.2, 0) is 10.0 Å². The minimum absolute atomic E-state index is 0.0822. The summed E-state index contributed by atoms with van der Waals surface area (Å²) in [6, 6.07) is 3.13. The first-order valence-electron chi connectivity index (χ1n) is 6.76. The van der Waals surface area contributed by atoms with Gasteiger partial charge in [0.05, 0.1) is 0 Å². The molecule has 1 aliphatic rings. The smallest absolute Gasteiger partial charge is 0.246 e. The first-order valence-corrected chi connectivity index (χ1v) is 8.20. The Kier molecular flexibility index (Phi) is 4.42. The first kappa shape index (κ1) is 14.3. The highest BCUT2D eigenvalue weighted by molar-refractivity contribution is 7.89. The largest absolute Gasteiger partial charge is 0.383 e. The molecule has 0 spiro atoms. The van der Waals surface area contributed by atoms with Crippen molar-refractivity contribution >= 4 is 15.8 Å². The molecule has 0 saturated carbocycles. The summed E-state index contributed by atoms with van der Waals surface area (Å²) in [5.74, 6) is 0.713. The third kappa shape index (κ3) is 3.06. The molecule has 0 bridgehead atoms. The van der Waals surface area contributed by atoms with Crippen LogP contribution in [0.3, 0.4) is 0 Å². The summed E-state index contributed by atoms with van der Waals surface area (Å²) in [4.78, 5) is 4.00. The van der Waals surface area contributed by atoms with Crippen LogP contribution < -0.4 is 5.73 Å². The maximum atomic E-state index is 12.6. The average Bonchev–Trinajstić information content (AvgIpc) is 2.64. The second-order valence-electron chi connectivity index (χ2n) is 5.00. The average molecular weight is 283 g/mol. The number of pyridine rings is 1. The number of anilines is 1. The molecule has 1 unspecified atom stereocenters. The number of nitrogen functional groups attached to an aromatic ring is 1. The molecular formula is C13H21N3O2S. The number of hydrogen-bond acceptors (Lipinski definition) is 4. The Labute approximate surface area is 114 Å². The molecular weight excluding hydrogens is 262 g/mol. The molecule has 106 valence electrons. The van der Waals surface area contributed by atoms with Crippen LogP contribution in [0, 0.1) is 5.92 Å². The summed E-state index contributed by atoms with van der Waals surface area (Å²) < 4.78 is 26.7. The molecule has 1 aliphatic heterocycles. The van der Waals surface area contributed by atoms with Gasteiger partial charge < -0.3 is 5.73 Å². The van der Waals surface area contributed by atoms with Gasteiger partial charge in [0.15, 0.2) is 0 Å². The van der Waals surface area contributed by atoms with E-state index in [1.165, 1.54) is 12.3 Å². The highest BCUT2D eigenvalue weighted by atomic mass is 32.2. The van der Waals surface area contributed by atoms with E-state index >= 15 is 0 Å². The molecule has 1 atom stereocenters. The fraction of sp³-hybridized carbons (Fsp3) is 0.615. The van der Waals surface area contributed by atoms with Crippen molar-refractivity contribution in [1.82, 2.24) is 9.29 Å². The quantitative estimate of drug-likeness (QED) is 0.918. The minimum atomic E-state index is -3.50. The van der Waals surface area contributed by atoms with E-state index < -0.39 is 10.0 Å². The summed E-state index contributed by atoms with van der Waals surface area (Å²) >= 11 is 0. The Bertz CT molecular complexity index is 530. The third-order valence-corrected chi connectivity index (χ3v) is 5.75. The number of nitrogens with two attached hydrogens (primary N) is 1. The molecule has 1 fully saturated rings. The molecule has 1 aromatic heterocycles. The standard InChI is InChI=1S/C13H21N3O2S/c1-2-11-5-4-9-16(10-7-11)19(17,18)12-6-3-8-15-13(12)14/h3,6,8,11H,2,4-5,7,9-10H2,1H3,(H2,14,15). The predicted octanol–water partition coefficient (Wildman–Crippen LogP) is 1.86. The molecule has 5 nitrogen and oxygen atoms in total. The third-order valence-electron chi connectivity index (χ3n) is 3.80. The zero-order valence-corrected chi connectivity index (χ0v) is 12.1. The second-order valence-corrected chi connectivity index (χ2v) is 6.90. The minimum Gasteiger partial charge on any atom is -0.383 e. The van der Waals surface area contributed by atoms with Gasteiger partial charge in [-0.1, -0.05) is 13.3 Å². The molecule has 6 heteroatoms. The van der Waals surface area contributed by atoms with Crippen molar-refractivity contribution in [3.63, 3.8) is 0 Å². The van der Waals surface area contributed by atoms with E-state index in [9.17, 15) is 8.42 Å². The summed E-state index contributed by atoms with van der Waals surface area (Å²) in [5.41, 5.74) is 5.69. The Morgan fingerprint density at radius 3 is 2.89 bits per heavy atom. The molecule has 19 heavy (non-hydrogen) atoms. The van der Waals surface area contributed by atoms with Crippen molar-refractivity contribution in [3.8, 4) is 0 Å². The lowest BCUT2D eigenvalue weighted by atomic mass is 9.98. The van der Waals surface area contributed by atoms with Crippen LogP contribution in [0.15, 0.2) is 23.2 Å². The van der Waals surface area contributed by atoms with Gasteiger partial charge in [0.1, 0.15) is 10.7 Å². The molecule has 0 aromatic carbocycles. The van der Waals surface area contributed by atoms with Crippen LogP contribution in [-0.4, -0.2) is 30.8 Å². The Hall–Kier alpha value is -1.14. The molecule has 0 aliphatic carbocycles. The monoisotopic (exact) mass is 283 g/mol. The lowest BCUT2D eigenvalue weighted by Gasteiger charge is -2.20. The van der Waals surface area contributed by atoms with E-state index in [1.807, 2.05) is 0 Å². The zero-order chi connectivity index (χ0) is 13.9. The Morgan fingerprint density at radius 1 is 1.42 bits per heavy atom. The van der Waals surface area contributed by atoms with E-state index in [4.69, 9.17) is 5.73 Å². The van der Waals surface area contributed by atoms with Crippen molar-refractivity contribution in [2.24, 2.45) is 5.92 Å². The van der Waals surface area contributed by atoms with Crippen molar-refractivity contribution in [2.45, 2.75) is 37.5 Å². The normalized spacial score (nSPS) is 22.1. The molecule has 0 radical (unpaired) electrons. The summed E-state index contributed by atoms with van der Waals surface area (Å²) in [6.45, 7) is 3.32. The fourth-order valence-electron chi connectivity index (χ4n) is 2.55. The van der Waals surface area contributed by atoms with Gasteiger partial charge in [-0.3, -0.25) is 0 Å². The molecule has 1 aromatic rings. The second kappa shape index (κ2) is 5.88. The first-order chi connectivity index (χ1) is 9.05. The lowest BCUT2D eigenvalue weighted by molar-refractivity contribution is 0.407. The SMILES string of the molecule is CCC1CCCN(S(=O)(=O)c2cccnc2N)CC1. The van der Waals surface area contributed by atoms with Crippen LogP contribution in [0.1, 0.15) is 32.6 Å². The van der Waals surface area contributed by atoms with E-state index in [2.05, 4.69) is 11.9 Å². The lowest BCUT2D eigenvalue weighted by Crippen LogP contribution is -2.32. The van der Waals surface area contributed by atoms with Gasteiger partial charge in [0.2, 0.25) is 10.0 Å². The summed E-state index contributed by atoms with van der Waals surface area (Å²) in [5, 5.41) is 0. The van der Waals surface area contributed by atoms with Gasteiger partial charge in [-0.15, -0.1) is 0 Å². The van der Waals surface area contributed by atoms with Crippen LogP contribution in [0.5, 0.6) is 0 Å². The van der Waals surface area contributed by atoms with E-state index in [0.29, 0.717) is 19.0 Å². The maximum Gasteiger partial charge on any atom is 0.246 e. The number of nitrogens with zero attached hydrogens (tertiary/aromatic N) is 2. The number of rotatable bonds is 3. The van der Waals surface area contributed by atoms with Gasteiger partial charge in [0, 0.05) is 19.3 Å².